The van der Waals surface area contributed by atoms with E-state index in [-0.39, 0.29) is 35.7 Å². The molecule has 1 aliphatic heterocycles. The maximum atomic E-state index is 13.1. The number of nitrogens with one attached hydrogen (secondary N) is 2. The van der Waals surface area contributed by atoms with Gasteiger partial charge >= 0.3 is 0 Å². The molecule has 0 saturated heterocycles. The standard InChI is InChI=1S/C22H28N4O4S/c1-4-25(5-2)31(29,30)18-10-8-9-17(14-18)23-15-22(28)26-16(3)13-21(27)24-19-11-6-7-12-20(19)26/h6-12,14,16,23H,4-5,13,15H2,1-3H3,(H,24,27)/t16-/m0/s1. The fourth-order valence-electron chi connectivity index (χ4n) is 3.71. The predicted molar refractivity (Wildman–Crippen MR) is 122 cm³/mol. The summed E-state index contributed by atoms with van der Waals surface area (Å²) in [5.41, 5.74) is 1.77. The number of benzene rings is 2. The molecule has 0 unspecified atom stereocenters. The Kier molecular flexibility index (Phi) is 6.97. The minimum Gasteiger partial charge on any atom is -0.376 e. The number of fused-ring (bicyclic) bond motifs is 1. The lowest BCUT2D eigenvalue weighted by Crippen LogP contribution is -2.42. The molecule has 0 aliphatic carbocycles. The summed E-state index contributed by atoms with van der Waals surface area (Å²) in [5.74, 6) is -0.356. The van der Waals surface area contributed by atoms with Gasteiger partial charge < -0.3 is 15.5 Å². The van der Waals surface area contributed by atoms with Crippen LogP contribution in [0.2, 0.25) is 0 Å². The Morgan fingerprint density at radius 3 is 2.58 bits per heavy atom. The number of nitrogens with zero attached hydrogens (tertiary/aromatic N) is 2. The fourth-order valence-corrected chi connectivity index (χ4v) is 5.21. The molecule has 166 valence electrons. The smallest absolute Gasteiger partial charge is 0.246 e. The Hall–Kier alpha value is -2.91. The number of amides is 2. The summed E-state index contributed by atoms with van der Waals surface area (Å²) in [6.07, 6.45) is 0.192. The topological polar surface area (TPSA) is 98.8 Å². The third-order valence-corrected chi connectivity index (χ3v) is 7.29. The molecular formula is C22H28N4O4S. The molecule has 2 amide bonds. The number of sulfonamides is 1. The third-order valence-electron chi connectivity index (χ3n) is 5.25. The molecule has 0 aromatic heterocycles. The van der Waals surface area contributed by atoms with Crippen LogP contribution in [0.5, 0.6) is 0 Å². The summed E-state index contributed by atoms with van der Waals surface area (Å²) in [5, 5.41) is 5.87. The predicted octanol–water partition coefficient (Wildman–Crippen LogP) is 2.89. The quantitative estimate of drug-likeness (QED) is 0.684. The molecule has 0 spiro atoms. The lowest BCUT2D eigenvalue weighted by atomic mass is 10.1. The highest BCUT2D eigenvalue weighted by Gasteiger charge is 2.29. The van der Waals surface area contributed by atoms with E-state index in [1.165, 1.54) is 10.4 Å². The molecule has 3 rings (SSSR count). The van der Waals surface area contributed by atoms with Crippen molar-refractivity contribution in [1.82, 2.24) is 4.31 Å². The van der Waals surface area contributed by atoms with E-state index in [1.807, 2.05) is 13.0 Å². The molecule has 2 N–H and O–H groups in total. The number of hydrogen-bond donors (Lipinski definition) is 2. The Balaban J connectivity index is 1.79. The Morgan fingerprint density at radius 1 is 1.16 bits per heavy atom. The summed E-state index contributed by atoms with van der Waals surface area (Å²) < 4.78 is 26.9. The van der Waals surface area contributed by atoms with Crippen LogP contribution in [0.4, 0.5) is 17.1 Å². The zero-order valence-corrected chi connectivity index (χ0v) is 18.8. The lowest BCUT2D eigenvalue weighted by molar-refractivity contribution is -0.118. The molecule has 8 nitrogen and oxygen atoms in total. The van der Waals surface area contributed by atoms with Gasteiger partial charge in [-0.1, -0.05) is 32.0 Å². The zero-order valence-electron chi connectivity index (χ0n) is 18.0. The van der Waals surface area contributed by atoms with Crippen LogP contribution in [0.1, 0.15) is 27.2 Å². The van der Waals surface area contributed by atoms with Crippen LogP contribution in [0.15, 0.2) is 53.4 Å². The van der Waals surface area contributed by atoms with Gasteiger partial charge in [0.1, 0.15) is 0 Å². The fraction of sp³-hybridized carbons (Fsp3) is 0.364. The van der Waals surface area contributed by atoms with Gasteiger partial charge in [-0.15, -0.1) is 0 Å². The van der Waals surface area contributed by atoms with E-state index in [2.05, 4.69) is 10.6 Å². The van der Waals surface area contributed by atoms with Gasteiger partial charge in [-0.05, 0) is 37.3 Å². The van der Waals surface area contributed by atoms with Crippen molar-refractivity contribution in [2.75, 3.05) is 35.2 Å². The van der Waals surface area contributed by atoms with Crippen molar-refractivity contribution >= 4 is 38.9 Å². The molecule has 2 aromatic carbocycles. The maximum Gasteiger partial charge on any atom is 0.246 e. The van der Waals surface area contributed by atoms with Crippen molar-refractivity contribution in [2.45, 2.75) is 38.1 Å². The zero-order chi connectivity index (χ0) is 22.6. The number of carbonyl (C=O) groups excluding carboxylic acids is 2. The van der Waals surface area contributed by atoms with E-state index in [0.29, 0.717) is 30.2 Å². The van der Waals surface area contributed by atoms with Crippen LogP contribution in [-0.2, 0) is 19.6 Å². The van der Waals surface area contributed by atoms with E-state index in [9.17, 15) is 18.0 Å². The van der Waals surface area contributed by atoms with Crippen molar-refractivity contribution in [3.05, 3.63) is 48.5 Å². The Morgan fingerprint density at radius 2 is 1.87 bits per heavy atom. The largest absolute Gasteiger partial charge is 0.376 e. The van der Waals surface area contributed by atoms with Crippen molar-refractivity contribution in [1.29, 1.82) is 0 Å². The van der Waals surface area contributed by atoms with Gasteiger partial charge in [0.05, 0.1) is 22.8 Å². The van der Waals surface area contributed by atoms with Crippen molar-refractivity contribution in [2.24, 2.45) is 0 Å². The molecule has 0 radical (unpaired) electrons. The monoisotopic (exact) mass is 444 g/mol. The maximum absolute atomic E-state index is 13.1. The van der Waals surface area contributed by atoms with Gasteiger partial charge in [-0.25, -0.2) is 8.42 Å². The van der Waals surface area contributed by atoms with Crippen LogP contribution in [0, 0.1) is 0 Å². The molecule has 9 heteroatoms. The van der Waals surface area contributed by atoms with Crippen molar-refractivity contribution < 1.29 is 18.0 Å². The normalized spacial score (nSPS) is 16.5. The number of anilines is 3. The molecule has 1 heterocycles. The second-order valence-electron chi connectivity index (χ2n) is 7.35. The Labute approximate surface area is 183 Å². The van der Waals surface area contributed by atoms with Crippen LogP contribution in [0.3, 0.4) is 0 Å². The van der Waals surface area contributed by atoms with Gasteiger partial charge in [0.2, 0.25) is 21.8 Å². The van der Waals surface area contributed by atoms with E-state index in [4.69, 9.17) is 0 Å². The average Bonchev–Trinajstić information content (AvgIpc) is 2.87. The van der Waals surface area contributed by atoms with Crippen molar-refractivity contribution in [3.8, 4) is 0 Å². The van der Waals surface area contributed by atoms with Gasteiger partial charge in [0.25, 0.3) is 0 Å². The molecule has 1 aliphatic rings. The number of carbonyl (C=O) groups is 2. The van der Waals surface area contributed by atoms with Crippen LogP contribution in [0.25, 0.3) is 0 Å². The molecule has 1 atom stereocenters. The molecule has 0 fully saturated rings. The summed E-state index contributed by atoms with van der Waals surface area (Å²) in [6.45, 7) is 6.14. The molecule has 0 bridgehead atoms. The first-order chi connectivity index (χ1) is 14.8. The Bertz CT molecular complexity index is 1070. The third kappa shape index (κ3) is 4.88. The second-order valence-corrected chi connectivity index (χ2v) is 9.29. The molecule has 31 heavy (non-hydrogen) atoms. The van der Waals surface area contributed by atoms with Crippen molar-refractivity contribution in [3.63, 3.8) is 0 Å². The number of para-hydroxylation sites is 2. The first-order valence-electron chi connectivity index (χ1n) is 10.3. The van der Waals surface area contributed by atoms with E-state index < -0.39 is 10.0 Å². The molecule has 0 saturated carbocycles. The van der Waals surface area contributed by atoms with Gasteiger partial charge in [0, 0.05) is 31.2 Å². The SMILES string of the molecule is CCN(CC)S(=O)(=O)c1cccc(NCC(=O)N2c3ccccc3NC(=O)C[C@@H]2C)c1. The summed E-state index contributed by atoms with van der Waals surface area (Å²) in [6, 6.07) is 13.3. The van der Waals surface area contributed by atoms with Gasteiger partial charge in [-0.3, -0.25) is 9.59 Å². The first kappa shape index (κ1) is 22.8. The molecule has 2 aromatic rings. The highest BCUT2D eigenvalue weighted by atomic mass is 32.2. The lowest BCUT2D eigenvalue weighted by Gasteiger charge is -2.28. The highest BCUT2D eigenvalue weighted by molar-refractivity contribution is 7.89. The number of rotatable bonds is 7. The van der Waals surface area contributed by atoms with E-state index in [1.54, 1.807) is 55.1 Å². The summed E-state index contributed by atoms with van der Waals surface area (Å²) in [4.78, 5) is 27.0. The number of hydrogen-bond acceptors (Lipinski definition) is 5. The summed E-state index contributed by atoms with van der Waals surface area (Å²) >= 11 is 0. The van der Waals surface area contributed by atoms with Gasteiger partial charge in [0.15, 0.2) is 0 Å². The van der Waals surface area contributed by atoms with Crippen LogP contribution in [-0.4, -0.2) is 50.2 Å². The first-order valence-corrected chi connectivity index (χ1v) is 11.8. The van der Waals surface area contributed by atoms with E-state index >= 15 is 0 Å². The minimum absolute atomic E-state index is 0.0400. The second kappa shape index (κ2) is 9.49. The molecular weight excluding hydrogens is 416 g/mol. The van der Waals surface area contributed by atoms with Crippen LogP contribution >= 0.6 is 0 Å². The average molecular weight is 445 g/mol. The van der Waals surface area contributed by atoms with E-state index in [0.717, 1.165) is 0 Å². The minimum atomic E-state index is -3.59. The highest BCUT2D eigenvalue weighted by Crippen LogP contribution is 2.31. The van der Waals surface area contributed by atoms with Crippen LogP contribution < -0.4 is 15.5 Å². The summed E-state index contributed by atoms with van der Waals surface area (Å²) in [7, 11) is -3.59. The van der Waals surface area contributed by atoms with Gasteiger partial charge in [-0.2, -0.15) is 4.31 Å².